The van der Waals surface area contributed by atoms with Crippen LogP contribution in [0.25, 0.3) is 10.8 Å². The fraction of sp³-hybridized carbons (Fsp3) is 0.182. The van der Waals surface area contributed by atoms with Gasteiger partial charge in [-0.25, -0.2) is 5.43 Å². The lowest BCUT2D eigenvalue weighted by molar-refractivity contribution is -0.118. The van der Waals surface area contributed by atoms with Crippen molar-refractivity contribution in [1.82, 2.24) is 5.43 Å². The van der Waals surface area contributed by atoms with Crippen LogP contribution in [-0.4, -0.2) is 31.6 Å². The Morgan fingerprint density at radius 1 is 1.17 bits per heavy atom. The van der Waals surface area contributed by atoms with Crippen molar-refractivity contribution in [2.75, 3.05) is 19.5 Å². The first-order valence-corrected chi connectivity index (χ1v) is 10.8. The van der Waals surface area contributed by atoms with Crippen LogP contribution in [0, 0.1) is 0 Å². The van der Waals surface area contributed by atoms with E-state index >= 15 is 0 Å². The second-order valence-corrected chi connectivity index (χ2v) is 7.89. The molecule has 0 atom stereocenters. The third-order valence-corrected chi connectivity index (χ3v) is 5.84. The summed E-state index contributed by atoms with van der Waals surface area (Å²) in [7, 11) is 1.58. The summed E-state index contributed by atoms with van der Waals surface area (Å²) >= 11 is 4.98. The number of hydrogen-bond donors (Lipinski definition) is 1. The highest BCUT2D eigenvalue weighted by Gasteiger charge is 2.09. The molecule has 0 radical (unpaired) electrons. The number of hydrazone groups is 1. The molecule has 3 aromatic rings. The molecule has 5 nitrogen and oxygen atoms in total. The molecule has 0 aromatic heterocycles. The number of fused-ring (bicyclic) bond motifs is 1. The van der Waals surface area contributed by atoms with Crippen molar-refractivity contribution in [3.05, 3.63) is 64.6 Å². The Kier molecular flexibility index (Phi) is 7.55. The summed E-state index contributed by atoms with van der Waals surface area (Å²) < 4.78 is 11.7. The van der Waals surface area contributed by atoms with Gasteiger partial charge in [0.15, 0.2) is 11.5 Å². The fourth-order valence-corrected chi connectivity index (χ4v) is 4.04. The van der Waals surface area contributed by atoms with E-state index in [-0.39, 0.29) is 11.7 Å². The summed E-state index contributed by atoms with van der Waals surface area (Å²) in [6, 6.07) is 17.8. The number of nitrogens with zero attached hydrogens (tertiary/aromatic N) is 1. The molecule has 0 fully saturated rings. The molecule has 0 unspecified atom stereocenters. The van der Waals surface area contributed by atoms with Crippen LogP contribution in [0.4, 0.5) is 0 Å². The topological polar surface area (TPSA) is 59.9 Å². The number of methoxy groups -OCH3 is 1. The second-order valence-electron chi connectivity index (χ2n) is 6.02. The molecule has 0 saturated carbocycles. The van der Waals surface area contributed by atoms with Gasteiger partial charge in [0.25, 0.3) is 0 Å². The smallest absolute Gasteiger partial charge is 0.250 e. The number of thioether (sulfide) groups is 1. The largest absolute Gasteiger partial charge is 0.493 e. The predicted molar refractivity (Wildman–Crippen MR) is 122 cm³/mol. The normalized spacial score (nSPS) is 11.0. The standard InChI is InChI=1S/C22H21BrN2O3S/c1-3-28-20-12-18(23)16(11-19(20)27-2)13-24-25-22(26)14-29-21-10-6-8-15-7-4-5-9-17(15)21/h4-13H,3,14H2,1-2H3,(H,25,26). The van der Waals surface area contributed by atoms with Crippen LogP contribution in [0.2, 0.25) is 0 Å². The number of ether oxygens (including phenoxy) is 2. The third-order valence-electron chi connectivity index (χ3n) is 4.08. The number of carbonyl (C=O) groups excluding carboxylic acids is 1. The molecule has 0 aliphatic heterocycles. The van der Waals surface area contributed by atoms with Crippen molar-refractivity contribution < 1.29 is 14.3 Å². The summed E-state index contributed by atoms with van der Waals surface area (Å²) in [5, 5.41) is 6.36. The van der Waals surface area contributed by atoms with Gasteiger partial charge in [-0.2, -0.15) is 5.10 Å². The average Bonchev–Trinajstić information content (AvgIpc) is 2.74. The van der Waals surface area contributed by atoms with Gasteiger partial charge in [-0.3, -0.25) is 4.79 Å². The number of carbonyl (C=O) groups is 1. The number of hydrogen-bond acceptors (Lipinski definition) is 5. The van der Waals surface area contributed by atoms with E-state index in [0.29, 0.717) is 18.1 Å². The van der Waals surface area contributed by atoms with Crippen molar-refractivity contribution >= 4 is 50.6 Å². The average molecular weight is 473 g/mol. The molecule has 1 amide bonds. The van der Waals surface area contributed by atoms with Crippen molar-refractivity contribution in [3.63, 3.8) is 0 Å². The van der Waals surface area contributed by atoms with Gasteiger partial charge in [0.2, 0.25) is 5.91 Å². The summed E-state index contributed by atoms with van der Waals surface area (Å²) in [6.07, 6.45) is 1.57. The Hall–Kier alpha value is -2.51. The lowest BCUT2D eigenvalue weighted by Crippen LogP contribution is -2.19. The van der Waals surface area contributed by atoms with Crippen molar-refractivity contribution in [1.29, 1.82) is 0 Å². The van der Waals surface area contributed by atoms with E-state index in [2.05, 4.69) is 44.7 Å². The van der Waals surface area contributed by atoms with E-state index in [0.717, 1.165) is 25.7 Å². The zero-order chi connectivity index (χ0) is 20.6. The van der Waals surface area contributed by atoms with Crippen LogP contribution in [0.15, 0.2) is 69.1 Å². The van der Waals surface area contributed by atoms with Crippen molar-refractivity contribution in [3.8, 4) is 11.5 Å². The Labute approximate surface area is 182 Å². The first kappa shape index (κ1) is 21.2. The Balaban J connectivity index is 1.61. The molecular weight excluding hydrogens is 452 g/mol. The zero-order valence-electron chi connectivity index (χ0n) is 16.1. The monoisotopic (exact) mass is 472 g/mol. The minimum Gasteiger partial charge on any atom is -0.493 e. The predicted octanol–water partition coefficient (Wildman–Crippen LogP) is 5.25. The Bertz CT molecular complexity index is 1030. The van der Waals surface area contributed by atoms with Gasteiger partial charge in [0.1, 0.15) is 0 Å². The maximum absolute atomic E-state index is 12.2. The Morgan fingerprint density at radius 3 is 2.76 bits per heavy atom. The van der Waals surface area contributed by atoms with Crippen LogP contribution in [0.5, 0.6) is 11.5 Å². The quantitative estimate of drug-likeness (QED) is 0.276. The molecule has 3 rings (SSSR count). The molecule has 0 heterocycles. The van der Waals surface area contributed by atoms with E-state index in [9.17, 15) is 4.79 Å². The minimum absolute atomic E-state index is 0.173. The molecule has 0 spiro atoms. The lowest BCUT2D eigenvalue weighted by atomic mass is 10.1. The summed E-state index contributed by atoms with van der Waals surface area (Å²) in [4.78, 5) is 13.3. The van der Waals surface area contributed by atoms with E-state index in [1.54, 1.807) is 19.4 Å². The fourth-order valence-electron chi connectivity index (χ4n) is 2.75. The van der Waals surface area contributed by atoms with Crippen LogP contribution in [0.1, 0.15) is 12.5 Å². The van der Waals surface area contributed by atoms with Crippen LogP contribution >= 0.6 is 27.7 Å². The van der Waals surface area contributed by atoms with Gasteiger partial charge in [0, 0.05) is 14.9 Å². The summed E-state index contributed by atoms with van der Waals surface area (Å²) in [5.41, 5.74) is 3.34. The minimum atomic E-state index is -0.173. The second kappa shape index (κ2) is 10.3. The molecular formula is C22H21BrN2O3S. The van der Waals surface area contributed by atoms with E-state index in [4.69, 9.17) is 9.47 Å². The first-order chi connectivity index (χ1) is 14.1. The van der Waals surface area contributed by atoms with Gasteiger partial charge in [-0.1, -0.05) is 36.4 Å². The molecule has 3 aromatic carbocycles. The summed E-state index contributed by atoms with van der Waals surface area (Å²) in [6.45, 7) is 2.45. The van der Waals surface area contributed by atoms with Crippen LogP contribution in [0.3, 0.4) is 0 Å². The van der Waals surface area contributed by atoms with Crippen LogP contribution in [-0.2, 0) is 4.79 Å². The molecule has 150 valence electrons. The molecule has 1 N–H and O–H groups in total. The van der Waals surface area contributed by atoms with Gasteiger partial charge in [-0.05, 0) is 51.8 Å². The highest BCUT2D eigenvalue weighted by atomic mass is 79.9. The van der Waals surface area contributed by atoms with E-state index in [1.165, 1.54) is 11.8 Å². The molecule has 0 aliphatic carbocycles. The zero-order valence-corrected chi connectivity index (χ0v) is 18.5. The number of amides is 1. The molecule has 0 bridgehead atoms. The molecule has 7 heteroatoms. The van der Waals surface area contributed by atoms with Gasteiger partial charge >= 0.3 is 0 Å². The number of nitrogens with one attached hydrogen (secondary N) is 1. The third kappa shape index (κ3) is 5.52. The lowest BCUT2D eigenvalue weighted by Gasteiger charge is -2.11. The Morgan fingerprint density at radius 2 is 1.97 bits per heavy atom. The van der Waals surface area contributed by atoms with Gasteiger partial charge in [-0.15, -0.1) is 11.8 Å². The highest BCUT2D eigenvalue weighted by molar-refractivity contribution is 9.10. The van der Waals surface area contributed by atoms with Crippen molar-refractivity contribution in [2.45, 2.75) is 11.8 Å². The first-order valence-electron chi connectivity index (χ1n) is 9.05. The maximum Gasteiger partial charge on any atom is 0.250 e. The van der Waals surface area contributed by atoms with E-state index < -0.39 is 0 Å². The van der Waals surface area contributed by atoms with Crippen LogP contribution < -0.4 is 14.9 Å². The number of benzene rings is 3. The number of rotatable bonds is 8. The maximum atomic E-state index is 12.2. The van der Waals surface area contributed by atoms with Gasteiger partial charge < -0.3 is 9.47 Å². The van der Waals surface area contributed by atoms with E-state index in [1.807, 2.05) is 37.3 Å². The SMILES string of the molecule is CCOc1cc(Br)c(C=NNC(=O)CSc2cccc3ccccc23)cc1OC. The molecule has 0 saturated heterocycles. The molecule has 29 heavy (non-hydrogen) atoms. The highest BCUT2D eigenvalue weighted by Crippen LogP contribution is 2.33. The number of halogens is 1. The van der Waals surface area contributed by atoms with Gasteiger partial charge in [0.05, 0.1) is 25.7 Å². The summed E-state index contributed by atoms with van der Waals surface area (Å²) in [5.74, 6) is 1.36. The van der Waals surface area contributed by atoms with Crippen molar-refractivity contribution in [2.24, 2.45) is 5.10 Å². The molecule has 0 aliphatic rings.